The maximum Gasteiger partial charge on any atom is 0.244 e. The Morgan fingerprint density at radius 2 is 2.15 bits per heavy atom. The summed E-state index contributed by atoms with van der Waals surface area (Å²) in [6.45, 7) is 3.65. The van der Waals surface area contributed by atoms with Crippen molar-refractivity contribution in [1.29, 1.82) is 0 Å². The van der Waals surface area contributed by atoms with Gasteiger partial charge in [0, 0.05) is 23.5 Å². The molecule has 108 valence electrons. The van der Waals surface area contributed by atoms with Crippen molar-refractivity contribution in [1.82, 2.24) is 14.7 Å². The van der Waals surface area contributed by atoms with Gasteiger partial charge in [0.1, 0.15) is 9.90 Å². The third-order valence-electron chi connectivity index (χ3n) is 2.57. The van der Waals surface area contributed by atoms with Crippen molar-refractivity contribution < 1.29 is 8.42 Å². The lowest BCUT2D eigenvalue weighted by atomic mass is 10.4. The molecule has 0 amide bonds. The van der Waals surface area contributed by atoms with Gasteiger partial charge in [0.05, 0.1) is 11.7 Å². The van der Waals surface area contributed by atoms with Crippen LogP contribution < -0.4 is 16.0 Å². The molecule has 0 spiro atoms. The van der Waals surface area contributed by atoms with Crippen LogP contribution in [0.3, 0.4) is 0 Å². The van der Waals surface area contributed by atoms with Crippen molar-refractivity contribution in [3.8, 4) is 0 Å². The molecule has 2 heterocycles. The number of hydrogen-bond acceptors (Lipinski definition) is 7. The number of hydrazine groups is 1. The summed E-state index contributed by atoms with van der Waals surface area (Å²) in [7, 11) is -3.73. The average molecular weight is 313 g/mol. The van der Waals surface area contributed by atoms with Crippen LogP contribution in [0.15, 0.2) is 29.6 Å². The first-order valence-electron chi connectivity index (χ1n) is 5.79. The topological polar surface area (TPSA) is 110 Å². The van der Waals surface area contributed by atoms with Crippen LogP contribution in [0, 0.1) is 6.92 Å². The first-order valence-corrected chi connectivity index (χ1v) is 8.09. The number of hydrogen-bond donors (Lipinski definition) is 3. The van der Waals surface area contributed by atoms with Crippen LogP contribution in [0.25, 0.3) is 0 Å². The highest BCUT2D eigenvalue weighted by molar-refractivity contribution is 7.89. The molecule has 0 radical (unpaired) electrons. The average Bonchev–Trinajstić information content (AvgIpc) is 2.85. The zero-order valence-corrected chi connectivity index (χ0v) is 12.6. The van der Waals surface area contributed by atoms with Crippen LogP contribution in [0.1, 0.15) is 22.9 Å². The molecular formula is C11H15N5O2S2. The predicted molar refractivity (Wildman–Crippen MR) is 77.6 cm³/mol. The van der Waals surface area contributed by atoms with E-state index in [-0.39, 0.29) is 10.6 Å². The van der Waals surface area contributed by atoms with Crippen LogP contribution in [-0.4, -0.2) is 18.4 Å². The van der Waals surface area contributed by atoms with E-state index >= 15 is 0 Å². The monoisotopic (exact) mass is 313 g/mol. The fraction of sp³-hybridized carbons (Fsp3) is 0.273. The van der Waals surface area contributed by atoms with Crippen LogP contribution in [0.4, 0.5) is 5.69 Å². The SMILES string of the molecule is Cc1cnc(C(C)NS(=O)(=O)c2cnccc2NN)s1. The van der Waals surface area contributed by atoms with Crippen molar-refractivity contribution in [3.05, 3.63) is 34.5 Å². The second-order valence-electron chi connectivity index (χ2n) is 4.17. The maximum absolute atomic E-state index is 12.3. The number of pyridine rings is 1. The van der Waals surface area contributed by atoms with Gasteiger partial charge in [0.15, 0.2) is 0 Å². The minimum absolute atomic E-state index is 0.00243. The Bertz CT molecular complexity index is 698. The molecule has 0 saturated heterocycles. The smallest absolute Gasteiger partial charge is 0.244 e. The number of nitrogens with two attached hydrogens (primary N) is 1. The van der Waals surface area contributed by atoms with E-state index in [4.69, 9.17) is 5.84 Å². The summed E-state index contributed by atoms with van der Waals surface area (Å²) in [6.07, 6.45) is 4.42. The van der Waals surface area contributed by atoms with Crippen LogP contribution in [-0.2, 0) is 10.0 Å². The van der Waals surface area contributed by atoms with Crippen molar-refractivity contribution in [2.24, 2.45) is 5.84 Å². The summed E-state index contributed by atoms with van der Waals surface area (Å²) in [4.78, 5) is 9.01. The Balaban J connectivity index is 2.27. The molecule has 0 aromatic carbocycles. The fourth-order valence-corrected chi connectivity index (χ4v) is 3.80. The third-order valence-corrected chi connectivity index (χ3v) is 5.23. The Hall–Kier alpha value is -1.55. The number of anilines is 1. The standard InChI is InChI=1S/C11H15N5O2S2/c1-7-5-14-11(19-7)8(2)16-20(17,18)10-6-13-4-3-9(10)15-12/h3-6,8,16H,12H2,1-2H3,(H,13,15). The number of aromatic nitrogens is 2. The molecule has 0 bridgehead atoms. The van der Waals surface area contributed by atoms with Gasteiger partial charge in [-0.25, -0.2) is 18.1 Å². The van der Waals surface area contributed by atoms with E-state index < -0.39 is 16.1 Å². The van der Waals surface area contributed by atoms with Crippen molar-refractivity contribution in [2.75, 3.05) is 5.43 Å². The van der Waals surface area contributed by atoms with E-state index in [1.165, 1.54) is 29.8 Å². The molecule has 2 aromatic heterocycles. The first kappa shape index (κ1) is 14.9. The van der Waals surface area contributed by atoms with Crippen LogP contribution >= 0.6 is 11.3 Å². The van der Waals surface area contributed by atoms with Crippen LogP contribution in [0.2, 0.25) is 0 Å². The minimum atomic E-state index is -3.73. The summed E-state index contributed by atoms with van der Waals surface area (Å²) >= 11 is 1.45. The number of rotatable bonds is 5. The maximum atomic E-state index is 12.3. The van der Waals surface area contributed by atoms with Gasteiger partial charge in [-0.1, -0.05) is 0 Å². The summed E-state index contributed by atoms with van der Waals surface area (Å²) < 4.78 is 27.2. The minimum Gasteiger partial charge on any atom is -0.323 e. The fourth-order valence-electron chi connectivity index (χ4n) is 1.63. The lowest BCUT2D eigenvalue weighted by Crippen LogP contribution is -2.28. The van der Waals surface area contributed by atoms with Gasteiger partial charge in [-0.15, -0.1) is 11.3 Å². The molecule has 1 atom stereocenters. The van der Waals surface area contributed by atoms with E-state index in [1.54, 1.807) is 13.1 Å². The Labute approximate surface area is 121 Å². The zero-order valence-electron chi connectivity index (χ0n) is 11.0. The highest BCUT2D eigenvalue weighted by Gasteiger charge is 2.23. The molecule has 0 aliphatic carbocycles. The van der Waals surface area contributed by atoms with Crippen molar-refractivity contribution in [2.45, 2.75) is 24.8 Å². The van der Waals surface area contributed by atoms with Gasteiger partial charge < -0.3 is 5.43 Å². The predicted octanol–water partition coefficient (Wildman–Crippen LogP) is 1.17. The number of nitrogen functional groups attached to an aromatic ring is 1. The van der Waals surface area contributed by atoms with Gasteiger partial charge in [0.2, 0.25) is 10.0 Å². The summed E-state index contributed by atoms with van der Waals surface area (Å²) in [5, 5.41) is 0.706. The zero-order chi connectivity index (χ0) is 14.8. The van der Waals surface area contributed by atoms with Gasteiger partial charge in [-0.05, 0) is 19.9 Å². The van der Waals surface area contributed by atoms with E-state index in [9.17, 15) is 8.42 Å². The molecule has 20 heavy (non-hydrogen) atoms. The van der Waals surface area contributed by atoms with Crippen LogP contribution in [0.5, 0.6) is 0 Å². The third kappa shape index (κ3) is 3.12. The molecule has 2 rings (SSSR count). The number of nitrogens with one attached hydrogen (secondary N) is 2. The molecule has 0 aliphatic rings. The Morgan fingerprint density at radius 3 is 2.75 bits per heavy atom. The van der Waals surface area contributed by atoms with Gasteiger partial charge in [-0.2, -0.15) is 0 Å². The number of sulfonamides is 1. The van der Waals surface area contributed by atoms with E-state index in [0.717, 1.165) is 4.88 Å². The summed E-state index contributed by atoms with van der Waals surface area (Å²) in [5.41, 5.74) is 2.63. The second kappa shape index (κ2) is 5.83. The molecule has 1 unspecified atom stereocenters. The largest absolute Gasteiger partial charge is 0.323 e. The highest BCUT2D eigenvalue weighted by atomic mass is 32.2. The van der Waals surface area contributed by atoms with Gasteiger partial charge in [0.25, 0.3) is 0 Å². The molecule has 2 aromatic rings. The van der Waals surface area contributed by atoms with E-state index in [1.807, 2.05) is 6.92 Å². The summed E-state index contributed by atoms with van der Waals surface area (Å²) in [5.74, 6) is 5.31. The molecule has 0 fully saturated rings. The highest BCUT2D eigenvalue weighted by Crippen LogP contribution is 2.23. The van der Waals surface area contributed by atoms with E-state index in [2.05, 4.69) is 20.1 Å². The van der Waals surface area contributed by atoms with Crippen molar-refractivity contribution >= 4 is 27.0 Å². The molecular weight excluding hydrogens is 298 g/mol. The second-order valence-corrected chi connectivity index (χ2v) is 7.12. The number of nitrogens with zero attached hydrogens (tertiary/aromatic N) is 2. The molecule has 0 aliphatic heterocycles. The normalized spacial score (nSPS) is 13.2. The molecule has 7 nitrogen and oxygen atoms in total. The Kier molecular flexibility index (Phi) is 4.33. The van der Waals surface area contributed by atoms with Gasteiger partial charge in [-0.3, -0.25) is 10.8 Å². The van der Waals surface area contributed by atoms with Gasteiger partial charge >= 0.3 is 0 Å². The lowest BCUT2D eigenvalue weighted by molar-refractivity contribution is 0.566. The summed E-state index contributed by atoms with van der Waals surface area (Å²) in [6, 6.07) is 1.07. The lowest BCUT2D eigenvalue weighted by Gasteiger charge is -2.14. The van der Waals surface area contributed by atoms with E-state index in [0.29, 0.717) is 5.01 Å². The molecule has 4 N–H and O–H groups in total. The number of thiazole rings is 1. The Morgan fingerprint density at radius 1 is 1.40 bits per heavy atom. The molecule has 9 heteroatoms. The first-order chi connectivity index (χ1) is 9.44. The van der Waals surface area contributed by atoms with Crippen molar-refractivity contribution in [3.63, 3.8) is 0 Å². The molecule has 0 saturated carbocycles. The number of aryl methyl sites for hydroxylation is 1. The quantitative estimate of drug-likeness (QED) is 0.564.